The summed E-state index contributed by atoms with van der Waals surface area (Å²) in [6.45, 7) is 8.06. The van der Waals surface area contributed by atoms with Crippen molar-refractivity contribution in [3.05, 3.63) is 29.7 Å². The van der Waals surface area contributed by atoms with Gasteiger partial charge >= 0.3 is 0 Å². The van der Waals surface area contributed by atoms with Crippen LogP contribution in [0.5, 0.6) is 0 Å². The fourth-order valence-electron chi connectivity index (χ4n) is 4.69. The number of rotatable bonds is 7. The van der Waals surface area contributed by atoms with Crippen molar-refractivity contribution in [3.63, 3.8) is 0 Å². The summed E-state index contributed by atoms with van der Waals surface area (Å²) in [5.74, 6) is 1.21. The molecule has 1 saturated heterocycles. The molecule has 2 atom stereocenters. The molecule has 0 unspecified atom stereocenters. The molecule has 1 aliphatic carbocycles. The Kier molecular flexibility index (Phi) is 7.65. The summed E-state index contributed by atoms with van der Waals surface area (Å²) in [7, 11) is 0. The van der Waals surface area contributed by atoms with E-state index in [-0.39, 0.29) is 10.2 Å². The van der Waals surface area contributed by atoms with Crippen molar-refractivity contribution in [1.82, 2.24) is 19.7 Å². The van der Waals surface area contributed by atoms with E-state index in [9.17, 15) is 4.55 Å². The summed E-state index contributed by atoms with van der Waals surface area (Å²) >= 11 is 6.50. The SMILES string of the molecule is CCC(C)(C)[S@@+]([O-])N[C@@H]1CCCC12CCN(c1cnc(Sc3cccnc3Cl)c(N)n1)CC2. The Morgan fingerprint density at radius 1 is 1.33 bits per heavy atom. The molecule has 2 fully saturated rings. The minimum absolute atomic E-state index is 0.210. The van der Waals surface area contributed by atoms with Crippen LogP contribution in [0.4, 0.5) is 11.6 Å². The van der Waals surface area contributed by atoms with Crippen LogP contribution in [0.1, 0.15) is 59.3 Å². The zero-order valence-corrected chi connectivity index (χ0v) is 21.9. The zero-order chi connectivity index (χ0) is 23.6. The first-order chi connectivity index (χ1) is 15.7. The van der Waals surface area contributed by atoms with Gasteiger partial charge in [0.05, 0.1) is 17.1 Å². The number of nitrogens with one attached hydrogen (secondary N) is 1. The number of aromatic nitrogens is 3. The molecule has 2 aliphatic rings. The molecule has 2 aromatic rings. The van der Waals surface area contributed by atoms with Crippen molar-refractivity contribution < 1.29 is 4.55 Å². The van der Waals surface area contributed by atoms with Gasteiger partial charge in [0.2, 0.25) is 0 Å². The number of halogens is 1. The van der Waals surface area contributed by atoms with E-state index in [0.29, 0.717) is 22.0 Å². The van der Waals surface area contributed by atoms with Crippen LogP contribution in [0.25, 0.3) is 0 Å². The summed E-state index contributed by atoms with van der Waals surface area (Å²) in [6, 6.07) is 4.03. The maximum absolute atomic E-state index is 12.9. The molecule has 0 bridgehead atoms. The molecule has 0 amide bonds. The van der Waals surface area contributed by atoms with Gasteiger partial charge in [-0.1, -0.05) is 36.7 Å². The van der Waals surface area contributed by atoms with Crippen LogP contribution in [-0.4, -0.2) is 43.4 Å². The molecule has 0 aromatic carbocycles. The van der Waals surface area contributed by atoms with Gasteiger partial charge in [-0.15, -0.1) is 4.72 Å². The van der Waals surface area contributed by atoms with E-state index in [1.807, 2.05) is 12.1 Å². The lowest BCUT2D eigenvalue weighted by atomic mass is 9.74. The second-order valence-electron chi connectivity index (χ2n) is 9.61. The number of piperidine rings is 1. The van der Waals surface area contributed by atoms with Gasteiger partial charge in [-0.05, 0) is 63.5 Å². The van der Waals surface area contributed by atoms with E-state index in [4.69, 9.17) is 17.3 Å². The number of nitrogens with two attached hydrogens (primary N) is 1. The Balaban J connectivity index is 1.40. The van der Waals surface area contributed by atoms with E-state index >= 15 is 0 Å². The van der Waals surface area contributed by atoms with Gasteiger partial charge in [0.1, 0.15) is 20.7 Å². The molecule has 0 radical (unpaired) electrons. The summed E-state index contributed by atoms with van der Waals surface area (Å²) in [6.07, 6.45) is 9.93. The lowest BCUT2D eigenvalue weighted by molar-refractivity contribution is 0.186. The number of pyridine rings is 1. The predicted octanol–water partition coefficient (Wildman–Crippen LogP) is 4.84. The monoisotopic (exact) mass is 508 g/mol. The number of hydrogen-bond donors (Lipinski definition) is 2. The van der Waals surface area contributed by atoms with Crippen LogP contribution in [0, 0.1) is 5.41 Å². The highest BCUT2D eigenvalue weighted by Gasteiger charge is 2.48. The molecule has 33 heavy (non-hydrogen) atoms. The Hall–Kier alpha value is -1.26. The van der Waals surface area contributed by atoms with Crippen LogP contribution in [0.2, 0.25) is 5.15 Å². The molecule has 4 rings (SSSR count). The third-order valence-corrected chi connectivity index (χ3v) is 10.5. The minimum atomic E-state index is -1.04. The van der Waals surface area contributed by atoms with Gasteiger partial charge in [0, 0.05) is 30.6 Å². The Morgan fingerprint density at radius 2 is 2.09 bits per heavy atom. The number of nitrogens with zero attached hydrogens (tertiary/aromatic N) is 4. The summed E-state index contributed by atoms with van der Waals surface area (Å²) in [5.41, 5.74) is 6.45. The van der Waals surface area contributed by atoms with Crippen molar-refractivity contribution in [2.45, 2.75) is 80.0 Å². The number of hydrogen-bond acceptors (Lipinski definition) is 8. The number of nitrogen functional groups attached to an aromatic ring is 1. The fraction of sp³-hybridized carbons (Fsp3) is 0.609. The van der Waals surface area contributed by atoms with Crippen molar-refractivity contribution in [1.29, 1.82) is 0 Å². The van der Waals surface area contributed by atoms with Gasteiger partial charge in [0.25, 0.3) is 0 Å². The van der Waals surface area contributed by atoms with Crippen LogP contribution in [0.15, 0.2) is 34.4 Å². The Morgan fingerprint density at radius 3 is 2.76 bits per heavy atom. The van der Waals surface area contributed by atoms with E-state index in [0.717, 1.165) is 49.5 Å². The van der Waals surface area contributed by atoms with Gasteiger partial charge in [-0.2, -0.15) is 0 Å². The second-order valence-corrected chi connectivity index (χ2v) is 12.9. The maximum Gasteiger partial charge on any atom is 0.158 e. The molecule has 7 nitrogen and oxygen atoms in total. The first-order valence-corrected chi connectivity index (χ1v) is 13.9. The fourth-order valence-corrected chi connectivity index (χ4v) is 6.88. The smallest absolute Gasteiger partial charge is 0.158 e. The molecule has 3 N–H and O–H groups in total. The van der Waals surface area contributed by atoms with Crippen molar-refractivity contribution in [2.24, 2.45) is 5.41 Å². The highest BCUT2D eigenvalue weighted by molar-refractivity contribution is 7.99. The second kappa shape index (κ2) is 10.2. The van der Waals surface area contributed by atoms with E-state index in [2.05, 4.69) is 45.3 Å². The number of anilines is 2. The summed E-state index contributed by atoms with van der Waals surface area (Å²) in [5, 5.41) is 1.06. The largest absolute Gasteiger partial charge is 0.598 e. The first kappa shape index (κ1) is 24.9. The first-order valence-electron chi connectivity index (χ1n) is 11.6. The molecule has 3 heterocycles. The molecule has 180 valence electrons. The van der Waals surface area contributed by atoms with Crippen molar-refractivity contribution >= 4 is 46.4 Å². The molecule has 1 aliphatic heterocycles. The quantitative estimate of drug-likeness (QED) is 0.404. The van der Waals surface area contributed by atoms with Crippen molar-refractivity contribution in [3.8, 4) is 0 Å². The van der Waals surface area contributed by atoms with Gasteiger partial charge in [-0.3, -0.25) is 0 Å². The molecule has 1 saturated carbocycles. The lowest BCUT2D eigenvalue weighted by Gasteiger charge is -2.44. The van der Waals surface area contributed by atoms with Gasteiger partial charge < -0.3 is 15.2 Å². The third-order valence-electron chi connectivity index (χ3n) is 7.28. The topological polar surface area (TPSA) is 103 Å². The van der Waals surface area contributed by atoms with Crippen LogP contribution < -0.4 is 15.4 Å². The van der Waals surface area contributed by atoms with E-state index in [1.54, 1.807) is 12.4 Å². The highest BCUT2D eigenvalue weighted by Crippen LogP contribution is 2.47. The molecule has 1 spiro atoms. The Labute approximate surface area is 209 Å². The lowest BCUT2D eigenvalue weighted by Crippen LogP contribution is -2.53. The highest BCUT2D eigenvalue weighted by atomic mass is 35.5. The van der Waals surface area contributed by atoms with Crippen LogP contribution >= 0.6 is 23.4 Å². The van der Waals surface area contributed by atoms with E-state index in [1.165, 1.54) is 24.6 Å². The van der Waals surface area contributed by atoms with Crippen LogP contribution in [0.3, 0.4) is 0 Å². The standard InChI is InChI=1S/C23H33ClN6OS2/c1-4-22(2,3)33(31)29-17-8-5-9-23(17)10-13-30(14-11-23)18-15-27-21(20(25)28-18)32-16-7-6-12-26-19(16)24/h6-7,12,15,17,29H,4-5,8-11,13-14H2,1-3H3,(H2,25,28)/t17-,33-/m1/s1. The molecule has 10 heteroatoms. The van der Waals surface area contributed by atoms with Crippen LogP contribution in [-0.2, 0) is 11.4 Å². The zero-order valence-electron chi connectivity index (χ0n) is 19.5. The summed E-state index contributed by atoms with van der Waals surface area (Å²) in [4.78, 5) is 16.4. The summed E-state index contributed by atoms with van der Waals surface area (Å²) < 4.78 is 16.2. The maximum atomic E-state index is 12.9. The molecular weight excluding hydrogens is 476 g/mol. The average molecular weight is 509 g/mol. The molecule has 2 aromatic heterocycles. The normalized spacial score (nSPS) is 21.5. The van der Waals surface area contributed by atoms with E-state index < -0.39 is 11.4 Å². The molecular formula is C23H33ClN6OS2. The van der Waals surface area contributed by atoms with Gasteiger partial charge in [-0.25, -0.2) is 15.0 Å². The minimum Gasteiger partial charge on any atom is -0.598 e. The predicted molar refractivity (Wildman–Crippen MR) is 137 cm³/mol. The third kappa shape index (κ3) is 5.37. The van der Waals surface area contributed by atoms with Crippen molar-refractivity contribution in [2.75, 3.05) is 23.7 Å². The van der Waals surface area contributed by atoms with Gasteiger partial charge in [0.15, 0.2) is 5.82 Å². The Bertz CT molecular complexity index is 970. The average Bonchev–Trinajstić information content (AvgIpc) is 3.18.